The van der Waals surface area contributed by atoms with Crippen molar-refractivity contribution in [2.45, 2.75) is 31.7 Å². The minimum atomic E-state index is -3.97. The highest BCUT2D eigenvalue weighted by Gasteiger charge is 2.32. The molecule has 0 amide bonds. The van der Waals surface area contributed by atoms with Gasteiger partial charge >= 0.3 is 8.74 Å². The third-order valence-electron chi connectivity index (χ3n) is 1.16. The number of hydrogen-bond donors (Lipinski definition) is 0. The molecule has 0 nitrogen and oxygen atoms in total. The highest BCUT2D eigenvalue weighted by atomic mass is 28.4. The molecule has 0 aromatic heterocycles. The summed E-state index contributed by atoms with van der Waals surface area (Å²) in [5.74, 6) is 0. The molecule has 0 unspecified atom stereocenters. The molecule has 0 N–H and O–H groups in total. The van der Waals surface area contributed by atoms with Crippen LogP contribution in [0.2, 0.25) is 31.7 Å². The highest BCUT2D eigenvalue weighted by molar-refractivity contribution is 6.73. The second kappa shape index (κ2) is 3.08. The average molecular weight is 186 g/mol. The monoisotopic (exact) mass is 186 g/mol. The fourth-order valence-electron chi connectivity index (χ4n) is 0.517. The Hall–Kier alpha value is 0.224. The molecule has 0 saturated heterocycles. The lowest BCUT2D eigenvalue weighted by Gasteiger charge is -2.12. The van der Waals surface area contributed by atoms with Gasteiger partial charge in [-0.15, -0.1) is 0 Å². The van der Waals surface area contributed by atoms with Gasteiger partial charge in [0, 0.05) is 0 Å². The maximum atomic E-state index is 12.7. The lowest BCUT2D eigenvalue weighted by atomic mass is 10.9. The predicted molar refractivity (Wildman–Crippen MR) is 42.0 cm³/mol. The minimum absolute atomic E-state index is 0.114. The van der Waals surface area contributed by atoms with Crippen molar-refractivity contribution in [3.05, 3.63) is 0 Å². The van der Waals surface area contributed by atoms with Crippen molar-refractivity contribution in [2.75, 3.05) is 0 Å². The van der Waals surface area contributed by atoms with E-state index in [9.17, 15) is 12.3 Å². The van der Waals surface area contributed by atoms with E-state index in [-0.39, 0.29) is 12.1 Å². The minimum Gasteiger partial charge on any atom is -0.314 e. The van der Waals surface area contributed by atoms with Gasteiger partial charge < -0.3 is 4.11 Å². The van der Waals surface area contributed by atoms with Gasteiger partial charge in [-0.1, -0.05) is 0 Å². The zero-order valence-corrected chi connectivity index (χ0v) is 8.55. The molecular weight excluding hydrogens is 173 g/mol. The van der Waals surface area contributed by atoms with Crippen molar-refractivity contribution in [2.24, 2.45) is 0 Å². The van der Waals surface area contributed by atoms with E-state index in [1.807, 2.05) is 0 Å². The number of halogens is 3. The summed E-state index contributed by atoms with van der Waals surface area (Å²) in [6.07, 6.45) is 0. The molecular formula is C5H13F3Si2. The van der Waals surface area contributed by atoms with Crippen LogP contribution in [0.4, 0.5) is 12.3 Å². The lowest BCUT2D eigenvalue weighted by Crippen LogP contribution is -2.24. The Morgan fingerprint density at radius 2 is 1.30 bits per heavy atom. The Balaban J connectivity index is 3.56. The topological polar surface area (TPSA) is 0 Å². The molecule has 5 heteroatoms. The molecule has 0 aliphatic carbocycles. The predicted octanol–water partition coefficient (Wildman–Crippen LogP) is 3.17. The Morgan fingerprint density at radius 3 is 1.40 bits per heavy atom. The molecule has 0 spiro atoms. The zero-order chi connectivity index (χ0) is 8.41. The van der Waals surface area contributed by atoms with Gasteiger partial charge in [0.25, 0.3) is 0 Å². The van der Waals surface area contributed by atoms with Gasteiger partial charge in [-0.3, -0.25) is 8.22 Å². The fourth-order valence-corrected chi connectivity index (χ4v) is 4.65. The first-order valence-electron chi connectivity index (χ1n) is 3.27. The van der Waals surface area contributed by atoms with Crippen LogP contribution < -0.4 is 0 Å². The molecule has 62 valence electrons. The van der Waals surface area contributed by atoms with Crippen molar-refractivity contribution in [1.29, 1.82) is 0 Å². The maximum absolute atomic E-state index is 12.7. The lowest BCUT2D eigenvalue weighted by molar-refractivity contribution is 0.608. The van der Waals surface area contributed by atoms with Crippen LogP contribution in [0.3, 0.4) is 0 Å². The maximum Gasteiger partial charge on any atom is 0.421 e. The summed E-state index contributed by atoms with van der Waals surface area (Å²) in [6, 6.07) is -0.0640. The van der Waals surface area contributed by atoms with Crippen molar-refractivity contribution in [3.63, 3.8) is 0 Å². The van der Waals surface area contributed by atoms with Crippen LogP contribution in [-0.2, 0) is 0 Å². The van der Waals surface area contributed by atoms with Crippen LogP contribution in [0.1, 0.15) is 0 Å². The van der Waals surface area contributed by atoms with Crippen LogP contribution >= 0.6 is 0 Å². The largest absolute Gasteiger partial charge is 0.421 e. The molecule has 0 heterocycles. The van der Waals surface area contributed by atoms with E-state index in [1.165, 1.54) is 13.1 Å². The molecule has 0 aliphatic rings. The summed E-state index contributed by atoms with van der Waals surface area (Å²) in [4.78, 5) is 0. The summed E-state index contributed by atoms with van der Waals surface area (Å²) in [5, 5.41) is 0. The summed E-state index contributed by atoms with van der Waals surface area (Å²) in [5.41, 5.74) is 0. The highest BCUT2D eigenvalue weighted by Crippen LogP contribution is 2.22. The van der Waals surface area contributed by atoms with Crippen LogP contribution in [0.25, 0.3) is 0 Å². The summed E-state index contributed by atoms with van der Waals surface area (Å²) < 4.78 is 37.2. The van der Waals surface area contributed by atoms with Crippen molar-refractivity contribution in [1.82, 2.24) is 0 Å². The second-order valence-corrected chi connectivity index (χ2v) is 9.87. The van der Waals surface area contributed by atoms with E-state index in [2.05, 4.69) is 0 Å². The first-order valence-corrected chi connectivity index (χ1v) is 8.82. The summed E-state index contributed by atoms with van der Waals surface area (Å²) >= 11 is 0. The van der Waals surface area contributed by atoms with Gasteiger partial charge in [-0.05, 0) is 31.7 Å². The van der Waals surface area contributed by atoms with Gasteiger partial charge in [-0.25, -0.2) is 0 Å². The molecule has 0 aromatic rings. The fraction of sp³-hybridized carbons (Fsp3) is 1.00. The van der Waals surface area contributed by atoms with Gasteiger partial charge in [0.15, 0.2) is 0 Å². The Morgan fingerprint density at radius 1 is 0.900 bits per heavy atom. The van der Waals surface area contributed by atoms with Gasteiger partial charge in [0.2, 0.25) is 8.41 Å². The smallest absolute Gasteiger partial charge is 0.314 e. The van der Waals surface area contributed by atoms with E-state index >= 15 is 0 Å². The molecule has 0 fully saturated rings. The van der Waals surface area contributed by atoms with Crippen molar-refractivity contribution < 1.29 is 12.3 Å². The van der Waals surface area contributed by atoms with Crippen LogP contribution in [0.15, 0.2) is 0 Å². The molecule has 0 atom stereocenters. The molecule has 0 aromatic carbocycles. The Labute approximate surface area is 62.0 Å². The summed E-state index contributed by atoms with van der Waals surface area (Å²) in [6.45, 7) is 3.90. The third-order valence-corrected chi connectivity index (χ3v) is 4.23. The third kappa shape index (κ3) is 8.22. The summed E-state index contributed by atoms with van der Waals surface area (Å²) in [7, 11) is -6.68. The van der Waals surface area contributed by atoms with Crippen molar-refractivity contribution >= 4 is 17.1 Å². The molecule has 0 aliphatic heterocycles. The van der Waals surface area contributed by atoms with Crippen LogP contribution in [0.5, 0.6) is 0 Å². The van der Waals surface area contributed by atoms with Gasteiger partial charge in [0.05, 0.1) is 0 Å². The second-order valence-electron chi connectivity index (χ2n) is 3.29. The molecule has 0 bridgehead atoms. The molecule has 0 saturated carbocycles. The van der Waals surface area contributed by atoms with Crippen LogP contribution in [-0.4, -0.2) is 17.1 Å². The van der Waals surface area contributed by atoms with E-state index in [0.29, 0.717) is 0 Å². The van der Waals surface area contributed by atoms with Crippen LogP contribution in [0, 0.1) is 0 Å². The first kappa shape index (κ1) is 10.2. The normalized spacial score (nSPS) is 13.8. The molecule has 0 radical (unpaired) electrons. The number of rotatable bonds is 3. The van der Waals surface area contributed by atoms with E-state index < -0.39 is 17.1 Å². The average Bonchev–Trinajstić information content (AvgIpc) is 1.57. The van der Waals surface area contributed by atoms with Crippen molar-refractivity contribution in [3.8, 4) is 0 Å². The molecule has 10 heavy (non-hydrogen) atoms. The Bertz CT molecular complexity index is 88.4. The van der Waals surface area contributed by atoms with E-state index in [1.54, 1.807) is 0 Å². The molecule has 0 rings (SSSR count). The van der Waals surface area contributed by atoms with E-state index in [4.69, 9.17) is 0 Å². The first-order chi connectivity index (χ1) is 4.21. The SMILES string of the molecule is C[Si](C)(F)CC[Si](C)(F)F. The van der Waals surface area contributed by atoms with Gasteiger partial charge in [-0.2, -0.15) is 0 Å². The standard InChI is InChI=1S/C5H13F3Si2/c1-9(2,6)4-5-10(3,7)8/h4-5H2,1-3H3. The zero-order valence-electron chi connectivity index (χ0n) is 6.55. The quantitative estimate of drug-likeness (QED) is 0.469. The van der Waals surface area contributed by atoms with Gasteiger partial charge in [0.1, 0.15) is 0 Å². The Kier molecular flexibility index (Phi) is 3.15. The van der Waals surface area contributed by atoms with E-state index in [0.717, 1.165) is 6.55 Å². The number of hydrogen-bond acceptors (Lipinski definition) is 0.